The van der Waals surface area contributed by atoms with E-state index in [1.54, 1.807) is 0 Å². The predicted octanol–water partition coefficient (Wildman–Crippen LogP) is 2.70. The minimum atomic E-state index is 0.304. The van der Waals surface area contributed by atoms with Gasteiger partial charge < -0.3 is 0 Å². The highest BCUT2D eigenvalue weighted by atomic mass is 15.3. The van der Waals surface area contributed by atoms with Crippen molar-refractivity contribution in [1.29, 1.82) is 0 Å². The Bertz CT molecular complexity index is 210. The van der Waals surface area contributed by atoms with Crippen molar-refractivity contribution in [3.8, 4) is 0 Å². The Balaban J connectivity index is 2.73. The molecule has 0 aromatic rings. The Labute approximate surface area is 95.4 Å². The first-order chi connectivity index (χ1) is 6.62. The van der Waals surface area contributed by atoms with Crippen LogP contribution in [0.2, 0.25) is 0 Å². The van der Waals surface area contributed by atoms with Gasteiger partial charge in [-0.1, -0.05) is 41.5 Å². The van der Waals surface area contributed by atoms with Crippen LogP contribution in [0.3, 0.4) is 0 Å². The summed E-state index contributed by atoms with van der Waals surface area (Å²) >= 11 is 0. The highest BCUT2D eigenvalue weighted by molar-refractivity contribution is 4.92. The number of hydrogen-bond donors (Lipinski definition) is 1. The van der Waals surface area contributed by atoms with Crippen LogP contribution in [0, 0.1) is 10.8 Å². The molecule has 0 spiro atoms. The molecule has 0 aliphatic carbocycles. The number of hydrogen-bond acceptors (Lipinski definition) is 2. The van der Waals surface area contributed by atoms with Crippen molar-refractivity contribution in [1.82, 2.24) is 10.2 Å². The van der Waals surface area contributed by atoms with Crippen LogP contribution >= 0.6 is 0 Å². The van der Waals surface area contributed by atoms with Crippen LogP contribution in [0.15, 0.2) is 0 Å². The maximum Gasteiger partial charge on any atom is 0.0646 e. The van der Waals surface area contributed by atoms with Crippen molar-refractivity contribution >= 4 is 0 Å². The Hall–Kier alpha value is -0.0800. The molecule has 1 aliphatic rings. The van der Waals surface area contributed by atoms with Crippen LogP contribution in [0.4, 0.5) is 0 Å². The number of nitrogens with one attached hydrogen (secondary N) is 1. The van der Waals surface area contributed by atoms with Crippen LogP contribution in [0.5, 0.6) is 0 Å². The molecule has 0 saturated carbocycles. The molecule has 2 heteroatoms. The molecule has 0 bridgehead atoms. The third-order valence-corrected chi connectivity index (χ3v) is 3.44. The van der Waals surface area contributed by atoms with E-state index in [4.69, 9.17) is 0 Å². The van der Waals surface area contributed by atoms with Gasteiger partial charge in [-0.25, -0.2) is 0 Å². The number of rotatable bonds is 0. The van der Waals surface area contributed by atoms with Gasteiger partial charge >= 0.3 is 0 Å². The zero-order valence-corrected chi connectivity index (χ0v) is 11.5. The predicted molar refractivity (Wildman–Crippen MR) is 66.9 cm³/mol. The van der Waals surface area contributed by atoms with Crippen LogP contribution in [0.25, 0.3) is 0 Å². The van der Waals surface area contributed by atoms with E-state index in [1.165, 1.54) is 13.0 Å². The lowest BCUT2D eigenvalue weighted by Gasteiger charge is -2.48. The van der Waals surface area contributed by atoms with Crippen molar-refractivity contribution in [2.75, 3.05) is 13.6 Å². The van der Waals surface area contributed by atoms with Gasteiger partial charge in [-0.3, -0.25) is 10.2 Å². The van der Waals surface area contributed by atoms with Crippen LogP contribution in [0.1, 0.15) is 48.0 Å². The van der Waals surface area contributed by atoms with Gasteiger partial charge in [0.25, 0.3) is 0 Å². The first-order valence-corrected chi connectivity index (χ1v) is 6.08. The van der Waals surface area contributed by atoms with E-state index < -0.39 is 0 Å². The Morgan fingerprint density at radius 1 is 1.00 bits per heavy atom. The van der Waals surface area contributed by atoms with Gasteiger partial charge in [-0.05, 0) is 24.3 Å². The zero-order chi connectivity index (χ0) is 11.9. The van der Waals surface area contributed by atoms with Crippen LogP contribution in [-0.2, 0) is 0 Å². The lowest BCUT2D eigenvalue weighted by Crippen LogP contribution is -2.62. The molecule has 1 aliphatic heterocycles. The second-order valence-electron chi connectivity index (χ2n) is 7.12. The summed E-state index contributed by atoms with van der Waals surface area (Å²) in [7, 11) is 2.22. The van der Waals surface area contributed by atoms with Gasteiger partial charge in [-0.2, -0.15) is 0 Å². The summed E-state index contributed by atoms with van der Waals surface area (Å²) in [6.45, 7) is 15.1. The Morgan fingerprint density at radius 3 is 1.93 bits per heavy atom. The molecule has 0 aromatic carbocycles. The molecule has 1 fully saturated rings. The summed E-state index contributed by atoms with van der Waals surface area (Å²) in [6.07, 6.45) is 1.75. The van der Waals surface area contributed by atoms with E-state index in [1.807, 2.05) is 0 Å². The van der Waals surface area contributed by atoms with E-state index in [9.17, 15) is 0 Å². The maximum atomic E-state index is 3.81. The second kappa shape index (κ2) is 4.06. The van der Waals surface area contributed by atoms with Gasteiger partial charge in [-0.15, -0.1) is 0 Å². The first kappa shape index (κ1) is 13.0. The molecule has 0 radical (unpaired) electrons. The van der Waals surface area contributed by atoms with Crippen molar-refractivity contribution in [3.05, 3.63) is 0 Å². The van der Waals surface area contributed by atoms with Gasteiger partial charge in [0.2, 0.25) is 0 Å². The van der Waals surface area contributed by atoms with Gasteiger partial charge in [0.15, 0.2) is 0 Å². The Kier molecular flexibility index (Phi) is 3.52. The lowest BCUT2D eigenvalue weighted by atomic mass is 9.80. The Morgan fingerprint density at radius 2 is 1.53 bits per heavy atom. The highest BCUT2D eigenvalue weighted by Crippen LogP contribution is 2.31. The normalized spacial score (nSPS) is 30.6. The monoisotopic (exact) mass is 212 g/mol. The third-order valence-electron chi connectivity index (χ3n) is 3.44. The molecule has 90 valence electrons. The number of nitrogens with zero attached hydrogens (tertiary/aromatic N) is 1. The second-order valence-corrected chi connectivity index (χ2v) is 7.12. The molecule has 1 heterocycles. The van der Waals surface area contributed by atoms with Crippen LogP contribution in [-0.4, -0.2) is 30.7 Å². The summed E-state index contributed by atoms with van der Waals surface area (Å²) in [5.41, 5.74) is 0.670. The molecule has 1 rings (SSSR count). The minimum Gasteiger partial charge on any atom is -0.298 e. The molecular weight excluding hydrogens is 184 g/mol. The average molecular weight is 212 g/mol. The molecule has 2 unspecified atom stereocenters. The SMILES string of the molecule is CN1CCC(C(C)(C)C)NC1C(C)(C)C. The first-order valence-electron chi connectivity index (χ1n) is 6.08. The molecule has 1 N–H and O–H groups in total. The highest BCUT2D eigenvalue weighted by Gasteiger charge is 2.37. The van der Waals surface area contributed by atoms with Gasteiger partial charge in [0, 0.05) is 12.6 Å². The van der Waals surface area contributed by atoms with Gasteiger partial charge in [0.05, 0.1) is 6.17 Å². The van der Waals surface area contributed by atoms with Gasteiger partial charge in [0.1, 0.15) is 0 Å². The summed E-state index contributed by atoms with van der Waals surface area (Å²) < 4.78 is 0. The summed E-state index contributed by atoms with van der Waals surface area (Å²) in [5.74, 6) is 0. The summed E-state index contributed by atoms with van der Waals surface area (Å²) in [4.78, 5) is 2.45. The molecule has 2 atom stereocenters. The fraction of sp³-hybridized carbons (Fsp3) is 1.00. The van der Waals surface area contributed by atoms with E-state index in [0.717, 1.165) is 0 Å². The van der Waals surface area contributed by atoms with Crippen LogP contribution < -0.4 is 5.32 Å². The molecule has 0 aromatic heterocycles. The molecule has 1 saturated heterocycles. The van der Waals surface area contributed by atoms with Crippen molar-refractivity contribution in [3.63, 3.8) is 0 Å². The fourth-order valence-electron chi connectivity index (χ4n) is 2.46. The smallest absolute Gasteiger partial charge is 0.0646 e. The fourth-order valence-corrected chi connectivity index (χ4v) is 2.46. The topological polar surface area (TPSA) is 15.3 Å². The zero-order valence-electron chi connectivity index (χ0n) is 11.5. The van der Waals surface area contributed by atoms with Crippen molar-refractivity contribution in [2.24, 2.45) is 10.8 Å². The largest absolute Gasteiger partial charge is 0.298 e. The third kappa shape index (κ3) is 3.18. The standard InChI is InChI=1S/C13H28N2/c1-12(2,3)10-8-9-15(7)11(14-10)13(4,5)6/h10-11,14H,8-9H2,1-7H3. The average Bonchev–Trinajstić information content (AvgIpc) is 2.00. The lowest BCUT2D eigenvalue weighted by molar-refractivity contribution is 0.0217. The van der Waals surface area contributed by atoms with E-state index in [0.29, 0.717) is 23.0 Å². The van der Waals surface area contributed by atoms with E-state index in [2.05, 4.69) is 58.8 Å². The van der Waals surface area contributed by atoms with Crippen molar-refractivity contribution < 1.29 is 0 Å². The minimum absolute atomic E-state index is 0.304. The molecular formula is C13H28N2. The van der Waals surface area contributed by atoms with E-state index in [-0.39, 0.29) is 0 Å². The molecule has 0 amide bonds. The maximum absolute atomic E-state index is 3.81. The summed E-state index contributed by atoms with van der Waals surface area (Å²) in [6, 6.07) is 0.637. The molecule has 2 nitrogen and oxygen atoms in total. The van der Waals surface area contributed by atoms with Crippen molar-refractivity contribution in [2.45, 2.75) is 60.2 Å². The van der Waals surface area contributed by atoms with E-state index >= 15 is 0 Å². The summed E-state index contributed by atoms with van der Waals surface area (Å²) in [5, 5.41) is 3.81. The molecule has 15 heavy (non-hydrogen) atoms. The quantitative estimate of drug-likeness (QED) is 0.664.